The van der Waals surface area contributed by atoms with Crippen molar-refractivity contribution < 1.29 is 14.6 Å². The fourth-order valence-electron chi connectivity index (χ4n) is 0.996. The molecule has 0 saturated carbocycles. The molecule has 0 spiro atoms. The van der Waals surface area contributed by atoms with Crippen molar-refractivity contribution in [1.29, 1.82) is 0 Å². The molecule has 0 bridgehead atoms. The molecular formula is C9H20N2O3. The van der Waals surface area contributed by atoms with Crippen LogP contribution in [0.5, 0.6) is 0 Å². The van der Waals surface area contributed by atoms with Gasteiger partial charge in [-0.2, -0.15) is 0 Å². The third-order valence-electron chi connectivity index (χ3n) is 1.69. The number of ether oxygens (including phenoxy) is 1. The van der Waals surface area contributed by atoms with Crippen LogP contribution in [0.1, 0.15) is 13.3 Å². The van der Waals surface area contributed by atoms with Gasteiger partial charge < -0.3 is 20.5 Å². The first-order valence-corrected chi connectivity index (χ1v) is 4.79. The molecule has 0 aliphatic rings. The Hall–Kier alpha value is -0.650. The SMILES string of the molecule is COCC(O)CCNCCNC(C)=O. The molecule has 5 heteroatoms. The molecule has 0 aliphatic heterocycles. The monoisotopic (exact) mass is 204 g/mol. The summed E-state index contributed by atoms with van der Waals surface area (Å²) in [6.07, 6.45) is 0.252. The van der Waals surface area contributed by atoms with Crippen molar-refractivity contribution >= 4 is 5.91 Å². The first-order valence-electron chi connectivity index (χ1n) is 4.79. The first-order chi connectivity index (χ1) is 6.66. The second kappa shape index (κ2) is 8.93. The molecule has 0 rings (SSSR count). The van der Waals surface area contributed by atoms with Gasteiger partial charge in [-0.1, -0.05) is 0 Å². The topological polar surface area (TPSA) is 70.6 Å². The Balaban J connectivity index is 3.09. The van der Waals surface area contributed by atoms with E-state index in [-0.39, 0.29) is 5.91 Å². The van der Waals surface area contributed by atoms with Crippen LogP contribution in [0.25, 0.3) is 0 Å². The van der Waals surface area contributed by atoms with Crippen molar-refractivity contribution in [2.75, 3.05) is 33.4 Å². The lowest BCUT2D eigenvalue weighted by Crippen LogP contribution is -2.32. The molecule has 0 fully saturated rings. The molecule has 1 unspecified atom stereocenters. The Morgan fingerprint density at radius 3 is 2.71 bits per heavy atom. The minimum atomic E-state index is -0.409. The third-order valence-corrected chi connectivity index (χ3v) is 1.69. The van der Waals surface area contributed by atoms with E-state index >= 15 is 0 Å². The number of hydrogen-bond donors (Lipinski definition) is 3. The van der Waals surface area contributed by atoms with Crippen LogP contribution in [0.15, 0.2) is 0 Å². The molecule has 0 aliphatic carbocycles. The molecule has 3 N–H and O–H groups in total. The van der Waals surface area contributed by atoms with Crippen LogP contribution in [0, 0.1) is 0 Å². The molecule has 0 aromatic heterocycles. The summed E-state index contributed by atoms with van der Waals surface area (Å²) in [6.45, 7) is 3.93. The average Bonchev–Trinajstić information content (AvgIpc) is 2.11. The smallest absolute Gasteiger partial charge is 0.216 e. The number of aliphatic hydroxyl groups is 1. The second-order valence-electron chi connectivity index (χ2n) is 3.13. The molecule has 14 heavy (non-hydrogen) atoms. The van der Waals surface area contributed by atoms with Crippen LogP contribution >= 0.6 is 0 Å². The molecule has 0 radical (unpaired) electrons. The van der Waals surface area contributed by atoms with E-state index < -0.39 is 6.10 Å². The van der Waals surface area contributed by atoms with Crippen molar-refractivity contribution in [1.82, 2.24) is 10.6 Å². The molecule has 0 aromatic carbocycles. The summed E-state index contributed by atoms with van der Waals surface area (Å²) >= 11 is 0. The van der Waals surface area contributed by atoms with Gasteiger partial charge in [-0.25, -0.2) is 0 Å². The zero-order chi connectivity index (χ0) is 10.8. The third kappa shape index (κ3) is 9.44. The number of methoxy groups -OCH3 is 1. The first kappa shape index (κ1) is 13.4. The molecule has 5 nitrogen and oxygen atoms in total. The fourth-order valence-corrected chi connectivity index (χ4v) is 0.996. The minimum absolute atomic E-state index is 0.0220. The number of carbonyl (C=O) groups is 1. The fraction of sp³-hybridized carbons (Fsp3) is 0.889. The van der Waals surface area contributed by atoms with Gasteiger partial charge in [0.2, 0.25) is 5.91 Å². The van der Waals surface area contributed by atoms with Gasteiger partial charge in [-0.15, -0.1) is 0 Å². The Bertz CT molecular complexity index is 153. The van der Waals surface area contributed by atoms with E-state index in [4.69, 9.17) is 4.74 Å². The summed E-state index contributed by atoms with van der Waals surface area (Å²) in [5, 5.41) is 15.0. The Labute approximate surface area is 84.8 Å². The van der Waals surface area contributed by atoms with Gasteiger partial charge in [0, 0.05) is 27.1 Å². The lowest BCUT2D eigenvalue weighted by Gasteiger charge is -2.09. The van der Waals surface area contributed by atoms with Crippen molar-refractivity contribution in [2.45, 2.75) is 19.4 Å². The normalized spacial score (nSPS) is 12.5. The van der Waals surface area contributed by atoms with E-state index in [9.17, 15) is 9.90 Å². The van der Waals surface area contributed by atoms with E-state index in [0.29, 0.717) is 19.6 Å². The van der Waals surface area contributed by atoms with Gasteiger partial charge in [-0.3, -0.25) is 4.79 Å². The van der Waals surface area contributed by atoms with Gasteiger partial charge in [0.1, 0.15) is 0 Å². The van der Waals surface area contributed by atoms with Crippen molar-refractivity contribution in [3.63, 3.8) is 0 Å². The summed E-state index contributed by atoms with van der Waals surface area (Å²) in [7, 11) is 1.56. The number of carbonyl (C=O) groups excluding carboxylic acids is 1. The minimum Gasteiger partial charge on any atom is -0.391 e. The molecular weight excluding hydrogens is 184 g/mol. The lowest BCUT2D eigenvalue weighted by molar-refractivity contribution is -0.118. The number of aliphatic hydroxyl groups excluding tert-OH is 1. The summed E-state index contributed by atoms with van der Waals surface area (Å²) in [5.74, 6) is -0.0220. The van der Waals surface area contributed by atoms with E-state index in [2.05, 4.69) is 10.6 Å². The van der Waals surface area contributed by atoms with Gasteiger partial charge in [0.05, 0.1) is 12.7 Å². The average molecular weight is 204 g/mol. The van der Waals surface area contributed by atoms with Crippen LogP contribution < -0.4 is 10.6 Å². The summed E-state index contributed by atoms with van der Waals surface area (Å²) < 4.78 is 4.78. The van der Waals surface area contributed by atoms with Crippen LogP contribution in [0.4, 0.5) is 0 Å². The molecule has 84 valence electrons. The van der Waals surface area contributed by atoms with E-state index in [1.54, 1.807) is 7.11 Å². The maximum atomic E-state index is 10.5. The second-order valence-corrected chi connectivity index (χ2v) is 3.13. The zero-order valence-corrected chi connectivity index (χ0v) is 8.88. The van der Waals surface area contributed by atoms with Crippen LogP contribution in [0.3, 0.4) is 0 Å². The predicted octanol–water partition coefficient (Wildman–Crippen LogP) is -0.890. The maximum absolute atomic E-state index is 10.5. The molecule has 1 atom stereocenters. The molecule has 0 aromatic rings. The number of amides is 1. The highest BCUT2D eigenvalue weighted by Gasteiger charge is 2.01. The van der Waals surface area contributed by atoms with Crippen LogP contribution in [-0.2, 0) is 9.53 Å². The predicted molar refractivity (Wildman–Crippen MR) is 54.1 cm³/mol. The van der Waals surface area contributed by atoms with Crippen molar-refractivity contribution in [3.05, 3.63) is 0 Å². The number of rotatable bonds is 8. The largest absolute Gasteiger partial charge is 0.391 e. The summed E-state index contributed by atoms with van der Waals surface area (Å²) in [5.41, 5.74) is 0. The highest BCUT2D eigenvalue weighted by atomic mass is 16.5. The highest BCUT2D eigenvalue weighted by Crippen LogP contribution is 1.89. The number of nitrogens with one attached hydrogen (secondary N) is 2. The number of hydrogen-bond acceptors (Lipinski definition) is 4. The lowest BCUT2D eigenvalue weighted by atomic mass is 10.2. The van der Waals surface area contributed by atoms with E-state index in [0.717, 1.165) is 13.1 Å². The van der Waals surface area contributed by atoms with Gasteiger partial charge in [-0.05, 0) is 13.0 Å². The summed E-state index contributed by atoms with van der Waals surface area (Å²) in [6, 6.07) is 0. The zero-order valence-electron chi connectivity index (χ0n) is 8.88. The Kier molecular flexibility index (Phi) is 8.51. The Morgan fingerprint density at radius 1 is 1.43 bits per heavy atom. The highest BCUT2D eigenvalue weighted by molar-refractivity contribution is 5.72. The molecule has 0 saturated heterocycles. The van der Waals surface area contributed by atoms with Crippen LogP contribution in [0.2, 0.25) is 0 Å². The summed E-state index contributed by atoms with van der Waals surface area (Å²) in [4.78, 5) is 10.5. The van der Waals surface area contributed by atoms with Crippen molar-refractivity contribution in [2.24, 2.45) is 0 Å². The standard InChI is InChI=1S/C9H20N2O3/c1-8(12)11-6-5-10-4-3-9(13)7-14-2/h9-10,13H,3-7H2,1-2H3,(H,11,12). The van der Waals surface area contributed by atoms with E-state index in [1.165, 1.54) is 6.92 Å². The Morgan fingerprint density at radius 2 is 2.14 bits per heavy atom. The van der Waals surface area contributed by atoms with Crippen LogP contribution in [-0.4, -0.2) is 50.5 Å². The van der Waals surface area contributed by atoms with E-state index in [1.807, 2.05) is 0 Å². The molecule has 1 amide bonds. The maximum Gasteiger partial charge on any atom is 0.216 e. The van der Waals surface area contributed by atoms with Crippen molar-refractivity contribution in [3.8, 4) is 0 Å². The van der Waals surface area contributed by atoms with Gasteiger partial charge in [0.25, 0.3) is 0 Å². The van der Waals surface area contributed by atoms with Gasteiger partial charge >= 0.3 is 0 Å². The van der Waals surface area contributed by atoms with Gasteiger partial charge in [0.15, 0.2) is 0 Å². The quantitative estimate of drug-likeness (QED) is 0.449. The molecule has 0 heterocycles.